The maximum absolute atomic E-state index is 13.0. The Morgan fingerprint density at radius 1 is 0.750 bits per heavy atom. The molecule has 40 heavy (non-hydrogen) atoms. The summed E-state index contributed by atoms with van der Waals surface area (Å²) in [5.41, 5.74) is 2.35. The minimum Gasteiger partial charge on any atom is -0.371 e. The van der Waals surface area contributed by atoms with E-state index < -0.39 is 5.79 Å². The predicted octanol–water partition coefficient (Wildman–Crippen LogP) is 6.73. The van der Waals surface area contributed by atoms with Gasteiger partial charge in [0.1, 0.15) is 5.78 Å². The smallest absolute Gasteiger partial charge is 0.174 e. The topological polar surface area (TPSA) is 54.0 Å². The maximum Gasteiger partial charge on any atom is 0.174 e. The van der Waals surface area contributed by atoms with E-state index in [0.717, 1.165) is 37.7 Å². The molecule has 4 unspecified atom stereocenters. The van der Waals surface area contributed by atoms with Gasteiger partial charge in [-0.2, -0.15) is 0 Å². The molecule has 0 N–H and O–H groups in total. The van der Waals surface area contributed by atoms with E-state index in [0.29, 0.717) is 62.8 Å². The fraction of sp³-hybridized carbons (Fsp3) is 0.629. The monoisotopic (exact) mass is 544 g/mol. The van der Waals surface area contributed by atoms with Gasteiger partial charge in [0.2, 0.25) is 0 Å². The summed E-state index contributed by atoms with van der Waals surface area (Å²) in [5, 5.41) is 0. The van der Waals surface area contributed by atoms with Gasteiger partial charge in [0.05, 0.1) is 38.6 Å². The first-order valence-corrected chi connectivity index (χ1v) is 15.5. The third kappa shape index (κ3) is 4.22. The van der Waals surface area contributed by atoms with E-state index in [4.69, 9.17) is 18.9 Å². The Labute approximate surface area is 238 Å². The van der Waals surface area contributed by atoms with Crippen molar-refractivity contribution in [2.75, 3.05) is 13.2 Å². The molecule has 2 aromatic carbocycles. The van der Waals surface area contributed by atoms with Crippen molar-refractivity contribution in [1.82, 2.24) is 0 Å². The highest BCUT2D eigenvalue weighted by Gasteiger charge is 2.70. The van der Waals surface area contributed by atoms with Crippen molar-refractivity contribution in [2.24, 2.45) is 34.5 Å². The second-order valence-corrected chi connectivity index (χ2v) is 13.6. The van der Waals surface area contributed by atoms with Gasteiger partial charge in [-0.15, -0.1) is 0 Å². The first-order valence-electron chi connectivity index (χ1n) is 15.5. The molecule has 0 bridgehead atoms. The highest BCUT2D eigenvalue weighted by Crippen LogP contribution is 2.70. The molecule has 5 heteroatoms. The van der Waals surface area contributed by atoms with Gasteiger partial charge in [0, 0.05) is 30.6 Å². The molecule has 5 aliphatic rings. The highest BCUT2D eigenvalue weighted by molar-refractivity contribution is 5.79. The van der Waals surface area contributed by atoms with Gasteiger partial charge in [0.15, 0.2) is 5.79 Å². The van der Waals surface area contributed by atoms with Gasteiger partial charge in [0.25, 0.3) is 0 Å². The first-order chi connectivity index (χ1) is 19.4. The molecule has 1 spiro atoms. The van der Waals surface area contributed by atoms with Gasteiger partial charge >= 0.3 is 0 Å². The number of hydrogen-bond acceptors (Lipinski definition) is 5. The third-order valence-corrected chi connectivity index (χ3v) is 11.9. The van der Waals surface area contributed by atoms with Gasteiger partial charge < -0.3 is 18.9 Å². The molecular weight excluding hydrogens is 500 g/mol. The number of carbonyl (C=O) groups is 1. The lowest BCUT2D eigenvalue weighted by Crippen LogP contribution is -2.66. The summed E-state index contributed by atoms with van der Waals surface area (Å²) in [4.78, 5) is 13.0. The van der Waals surface area contributed by atoms with Gasteiger partial charge in [-0.3, -0.25) is 4.79 Å². The van der Waals surface area contributed by atoms with E-state index >= 15 is 0 Å². The van der Waals surface area contributed by atoms with Gasteiger partial charge in [-0.05, 0) is 60.0 Å². The number of fused-ring (bicyclic) bond motifs is 6. The fourth-order valence-electron chi connectivity index (χ4n) is 9.83. The Morgan fingerprint density at radius 3 is 2.00 bits per heavy atom. The van der Waals surface area contributed by atoms with E-state index in [-0.39, 0.29) is 29.0 Å². The number of Topliss-reactive ketones (excluding diaryl/α,β-unsaturated/α-hetero) is 1. The van der Waals surface area contributed by atoms with Crippen molar-refractivity contribution in [3.05, 3.63) is 71.8 Å². The molecule has 4 saturated carbocycles. The van der Waals surface area contributed by atoms with Crippen LogP contribution < -0.4 is 0 Å². The molecule has 2 aromatic rings. The summed E-state index contributed by atoms with van der Waals surface area (Å²) >= 11 is 0. The Kier molecular flexibility index (Phi) is 6.94. The van der Waals surface area contributed by atoms with E-state index in [2.05, 4.69) is 68.4 Å². The molecule has 0 radical (unpaired) electrons. The molecule has 5 nitrogen and oxygen atoms in total. The lowest BCUT2D eigenvalue weighted by Gasteiger charge is -2.64. The minimum absolute atomic E-state index is 0.0450. The van der Waals surface area contributed by atoms with Gasteiger partial charge in [-0.1, -0.05) is 74.5 Å². The van der Waals surface area contributed by atoms with Crippen LogP contribution in [0, 0.1) is 34.5 Å². The van der Waals surface area contributed by atoms with Crippen molar-refractivity contribution in [3.8, 4) is 0 Å². The number of hydrogen-bond donors (Lipinski definition) is 0. The average molecular weight is 545 g/mol. The molecule has 1 saturated heterocycles. The highest BCUT2D eigenvalue weighted by atomic mass is 16.7. The molecule has 0 aromatic heterocycles. The third-order valence-electron chi connectivity index (χ3n) is 11.9. The zero-order valence-corrected chi connectivity index (χ0v) is 24.1. The van der Waals surface area contributed by atoms with E-state index in [1.807, 2.05) is 6.07 Å². The van der Waals surface area contributed by atoms with Crippen LogP contribution in [-0.2, 0) is 37.0 Å². The normalized spacial score (nSPS) is 40.0. The largest absolute Gasteiger partial charge is 0.371 e. The zero-order valence-electron chi connectivity index (χ0n) is 24.1. The Hall–Kier alpha value is -2.05. The quantitative estimate of drug-likeness (QED) is 0.404. The fourth-order valence-corrected chi connectivity index (χ4v) is 9.83. The Morgan fingerprint density at radius 2 is 1.35 bits per heavy atom. The molecule has 4 aliphatic carbocycles. The Balaban J connectivity index is 1.28. The van der Waals surface area contributed by atoms with Gasteiger partial charge in [-0.25, -0.2) is 0 Å². The second kappa shape index (κ2) is 10.3. The summed E-state index contributed by atoms with van der Waals surface area (Å²) in [6.45, 7) is 7.37. The van der Waals surface area contributed by atoms with Crippen LogP contribution in [0.4, 0.5) is 0 Å². The standard InChI is InChI=1S/C35H44O5/c1-33-16-13-26(36)21-29(33)31(37-22-24-9-5-3-6-10-24)32(38-23-25-11-7-4-8-12-25)30-27(33)14-17-34(2)28(30)15-18-35(34)39-19-20-40-35/h3-12,27-32H,13-23H2,1-2H3/t27?,28?,29?,30?,31-,32-,33-,34+/m1/s1. The molecule has 1 aliphatic heterocycles. The second-order valence-electron chi connectivity index (χ2n) is 13.6. The number of ketones is 1. The number of benzene rings is 2. The van der Waals surface area contributed by atoms with Crippen LogP contribution in [0.25, 0.3) is 0 Å². The van der Waals surface area contributed by atoms with E-state index in [9.17, 15) is 4.79 Å². The SMILES string of the molecule is C[C@]12CCC(=O)CC1[C@@H](OCc1ccccc1)[C@H](OCc1ccccc1)C1C2CC[C@@]2(C)C1CCC21OCCO1. The lowest BCUT2D eigenvalue weighted by atomic mass is 9.43. The van der Waals surface area contributed by atoms with Crippen LogP contribution in [0.2, 0.25) is 0 Å². The lowest BCUT2D eigenvalue weighted by molar-refractivity contribution is -0.277. The summed E-state index contributed by atoms with van der Waals surface area (Å²) in [7, 11) is 0. The van der Waals surface area contributed by atoms with Crippen LogP contribution in [0.1, 0.15) is 69.9 Å². The van der Waals surface area contributed by atoms with Crippen LogP contribution in [0.15, 0.2) is 60.7 Å². The average Bonchev–Trinajstić information content (AvgIpc) is 3.58. The molecule has 5 fully saturated rings. The van der Waals surface area contributed by atoms with Crippen LogP contribution in [0.5, 0.6) is 0 Å². The van der Waals surface area contributed by atoms with Crippen LogP contribution >= 0.6 is 0 Å². The predicted molar refractivity (Wildman–Crippen MR) is 152 cm³/mol. The van der Waals surface area contributed by atoms with E-state index in [1.165, 1.54) is 5.56 Å². The summed E-state index contributed by atoms with van der Waals surface area (Å²) in [5.74, 6) is 1.35. The maximum atomic E-state index is 13.0. The summed E-state index contributed by atoms with van der Waals surface area (Å²) in [6.07, 6.45) is 6.31. The molecule has 214 valence electrons. The van der Waals surface area contributed by atoms with Crippen LogP contribution in [-0.4, -0.2) is 37.0 Å². The van der Waals surface area contributed by atoms with E-state index in [1.54, 1.807) is 0 Å². The molecule has 7 rings (SSSR count). The zero-order chi connectivity index (χ0) is 27.4. The molecule has 8 atom stereocenters. The Bertz CT molecular complexity index is 1190. The summed E-state index contributed by atoms with van der Waals surface area (Å²) in [6, 6.07) is 20.9. The molecule has 1 heterocycles. The molecule has 0 amide bonds. The molecular formula is C35H44O5. The van der Waals surface area contributed by atoms with Crippen molar-refractivity contribution in [2.45, 2.75) is 90.0 Å². The number of carbonyl (C=O) groups excluding carboxylic acids is 1. The van der Waals surface area contributed by atoms with Crippen molar-refractivity contribution in [3.63, 3.8) is 0 Å². The minimum atomic E-state index is -0.465. The number of ether oxygens (including phenoxy) is 4. The first kappa shape index (κ1) is 26.8. The van der Waals surface area contributed by atoms with Crippen molar-refractivity contribution < 1.29 is 23.7 Å². The van der Waals surface area contributed by atoms with Crippen molar-refractivity contribution >= 4 is 5.78 Å². The van der Waals surface area contributed by atoms with Crippen LogP contribution in [0.3, 0.4) is 0 Å². The van der Waals surface area contributed by atoms with Crippen molar-refractivity contribution in [1.29, 1.82) is 0 Å². The summed E-state index contributed by atoms with van der Waals surface area (Å²) < 4.78 is 26.9. The number of rotatable bonds is 6.